The van der Waals surface area contributed by atoms with Crippen molar-refractivity contribution in [2.75, 3.05) is 72.5 Å². The lowest BCUT2D eigenvalue weighted by atomic mass is 10.2. The van der Waals surface area contributed by atoms with Gasteiger partial charge in [-0.25, -0.2) is 0 Å². The van der Waals surface area contributed by atoms with E-state index in [1.165, 1.54) is 45.4 Å². The molecule has 3 heterocycles. The van der Waals surface area contributed by atoms with Gasteiger partial charge in [0, 0.05) is 26.2 Å². The minimum atomic E-state index is 0. The van der Waals surface area contributed by atoms with Crippen molar-refractivity contribution in [2.45, 2.75) is 38.6 Å². The second-order valence-corrected chi connectivity index (χ2v) is 8.27. The van der Waals surface area contributed by atoms with Gasteiger partial charge in [-0.05, 0) is 84.5 Å². The molecule has 7 nitrogen and oxygen atoms in total. The third kappa shape index (κ3) is 8.36. The van der Waals surface area contributed by atoms with Gasteiger partial charge in [0.1, 0.15) is 5.76 Å². The molecule has 1 aromatic rings. The maximum atomic E-state index is 5.72. The monoisotopic (exact) mass is 532 g/mol. The summed E-state index contributed by atoms with van der Waals surface area (Å²) in [5.74, 6) is 1.94. The Bertz CT molecular complexity index is 590. The number of furan rings is 1. The second kappa shape index (κ2) is 14.3. The van der Waals surface area contributed by atoms with Crippen molar-refractivity contribution in [3.63, 3.8) is 0 Å². The summed E-state index contributed by atoms with van der Waals surface area (Å²) < 4.78 is 5.72. The van der Waals surface area contributed by atoms with Gasteiger partial charge in [0.05, 0.1) is 18.8 Å². The summed E-state index contributed by atoms with van der Waals surface area (Å²) in [5, 5.41) is 6.93. The summed E-state index contributed by atoms with van der Waals surface area (Å²) in [6.45, 7) is 12.9. The SMILES string of the molecule is CCNC(=NCC(c1ccco1)N1CCCC1)NCCCN1CCCN(C)CC1.I. The normalized spacial score (nSPS) is 20.5. The van der Waals surface area contributed by atoms with Gasteiger partial charge in [0.2, 0.25) is 0 Å². The summed E-state index contributed by atoms with van der Waals surface area (Å²) in [7, 11) is 2.22. The fourth-order valence-electron chi connectivity index (χ4n) is 4.27. The smallest absolute Gasteiger partial charge is 0.191 e. The van der Waals surface area contributed by atoms with Crippen LogP contribution >= 0.6 is 24.0 Å². The first-order valence-corrected chi connectivity index (χ1v) is 11.5. The van der Waals surface area contributed by atoms with E-state index in [0.29, 0.717) is 0 Å². The van der Waals surface area contributed by atoms with Gasteiger partial charge in [-0.1, -0.05) is 0 Å². The molecule has 172 valence electrons. The molecule has 1 atom stereocenters. The van der Waals surface area contributed by atoms with Crippen LogP contribution in [-0.2, 0) is 0 Å². The van der Waals surface area contributed by atoms with E-state index in [2.05, 4.69) is 45.4 Å². The molecule has 0 amide bonds. The molecular formula is C22H41IN6O. The first-order valence-electron chi connectivity index (χ1n) is 11.5. The number of rotatable bonds is 9. The van der Waals surface area contributed by atoms with Gasteiger partial charge in [0.25, 0.3) is 0 Å². The number of guanidine groups is 1. The molecule has 30 heavy (non-hydrogen) atoms. The van der Waals surface area contributed by atoms with E-state index < -0.39 is 0 Å². The van der Waals surface area contributed by atoms with Crippen LogP contribution in [0.4, 0.5) is 0 Å². The fourth-order valence-corrected chi connectivity index (χ4v) is 4.27. The topological polar surface area (TPSA) is 59.3 Å². The molecule has 2 aliphatic heterocycles. The first-order chi connectivity index (χ1) is 14.3. The van der Waals surface area contributed by atoms with Crippen LogP contribution in [0.5, 0.6) is 0 Å². The number of aliphatic imine (C=N–C) groups is 1. The second-order valence-electron chi connectivity index (χ2n) is 8.27. The van der Waals surface area contributed by atoms with Crippen LogP contribution in [0, 0.1) is 0 Å². The maximum absolute atomic E-state index is 5.72. The minimum absolute atomic E-state index is 0. The van der Waals surface area contributed by atoms with E-state index >= 15 is 0 Å². The van der Waals surface area contributed by atoms with Crippen molar-refractivity contribution in [3.8, 4) is 0 Å². The average molecular weight is 533 g/mol. The summed E-state index contributed by atoms with van der Waals surface area (Å²) in [6, 6.07) is 4.29. The quantitative estimate of drug-likeness (QED) is 0.221. The van der Waals surface area contributed by atoms with Gasteiger partial charge in [-0.15, -0.1) is 24.0 Å². The third-order valence-electron chi connectivity index (χ3n) is 5.98. The molecule has 2 N–H and O–H groups in total. The zero-order valence-corrected chi connectivity index (χ0v) is 21.1. The van der Waals surface area contributed by atoms with Crippen LogP contribution in [0.25, 0.3) is 0 Å². The number of hydrogen-bond acceptors (Lipinski definition) is 5. The van der Waals surface area contributed by atoms with Crippen molar-refractivity contribution in [1.82, 2.24) is 25.3 Å². The van der Waals surface area contributed by atoms with Crippen molar-refractivity contribution in [2.24, 2.45) is 4.99 Å². The summed E-state index contributed by atoms with van der Waals surface area (Å²) in [4.78, 5) is 12.4. The zero-order valence-electron chi connectivity index (χ0n) is 18.8. The van der Waals surface area contributed by atoms with Gasteiger partial charge in [-0.3, -0.25) is 9.89 Å². The van der Waals surface area contributed by atoms with Gasteiger partial charge in [0.15, 0.2) is 5.96 Å². The molecule has 3 rings (SSSR count). The molecule has 0 aliphatic carbocycles. The molecule has 8 heteroatoms. The number of halogens is 1. The van der Waals surface area contributed by atoms with E-state index in [-0.39, 0.29) is 30.0 Å². The lowest BCUT2D eigenvalue weighted by molar-refractivity contribution is 0.221. The highest BCUT2D eigenvalue weighted by Crippen LogP contribution is 2.25. The number of nitrogens with zero attached hydrogens (tertiary/aromatic N) is 4. The molecule has 2 aliphatic rings. The van der Waals surface area contributed by atoms with Gasteiger partial charge >= 0.3 is 0 Å². The molecule has 0 spiro atoms. The van der Waals surface area contributed by atoms with Crippen molar-refractivity contribution >= 4 is 29.9 Å². The van der Waals surface area contributed by atoms with Gasteiger partial charge in [-0.2, -0.15) is 0 Å². The Balaban J connectivity index is 0.00000320. The molecule has 2 fully saturated rings. The van der Waals surface area contributed by atoms with Crippen molar-refractivity contribution in [3.05, 3.63) is 24.2 Å². The molecule has 2 saturated heterocycles. The largest absolute Gasteiger partial charge is 0.468 e. The minimum Gasteiger partial charge on any atom is -0.468 e. The van der Waals surface area contributed by atoms with Crippen molar-refractivity contribution in [1.29, 1.82) is 0 Å². The number of nitrogens with one attached hydrogen (secondary N) is 2. The van der Waals surface area contributed by atoms with Crippen LogP contribution in [0.3, 0.4) is 0 Å². The molecule has 1 aromatic heterocycles. The maximum Gasteiger partial charge on any atom is 0.191 e. The van der Waals surface area contributed by atoms with Crippen molar-refractivity contribution < 1.29 is 4.42 Å². The number of likely N-dealkylation sites (tertiary alicyclic amines) is 1. The lowest BCUT2D eigenvalue weighted by Gasteiger charge is -2.24. The highest BCUT2D eigenvalue weighted by atomic mass is 127. The van der Waals surface area contributed by atoms with Crippen LogP contribution in [0.15, 0.2) is 27.8 Å². The molecular weight excluding hydrogens is 491 g/mol. The molecule has 0 aromatic carbocycles. The Kier molecular flexibility index (Phi) is 12.1. The van der Waals surface area contributed by atoms with E-state index in [1.807, 2.05) is 6.07 Å². The molecule has 0 saturated carbocycles. The lowest BCUT2D eigenvalue weighted by Crippen LogP contribution is -2.40. The predicted molar refractivity (Wildman–Crippen MR) is 135 cm³/mol. The Morgan fingerprint density at radius 3 is 2.67 bits per heavy atom. The molecule has 1 unspecified atom stereocenters. The van der Waals surface area contributed by atoms with Crippen LogP contribution in [0.1, 0.15) is 44.4 Å². The predicted octanol–water partition coefficient (Wildman–Crippen LogP) is 2.62. The third-order valence-corrected chi connectivity index (χ3v) is 5.98. The van der Waals surface area contributed by atoms with E-state index in [9.17, 15) is 0 Å². The van der Waals surface area contributed by atoms with Crippen LogP contribution in [0.2, 0.25) is 0 Å². The molecule has 0 bridgehead atoms. The van der Waals surface area contributed by atoms with E-state index in [1.54, 1.807) is 6.26 Å². The Labute approximate surface area is 199 Å². The highest BCUT2D eigenvalue weighted by molar-refractivity contribution is 14.0. The van der Waals surface area contributed by atoms with Crippen LogP contribution in [-0.4, -0.2) is 93.2 Å². The Hall–Kier alpha value is -0.840. The standard InChI is InChI=1S/C22H40N6O.HI/c1-3-23-22(24-10-7-12-27-13-8-11-26(2)16-17-27)25-19-20(21-9-6-18-29-21)28-14-4-5-15-28;/h6,9,18,20H,3-5,7-8,10-17,19H2,1-2H3,(H2,23,24,25);1H. The average Bonchev–Trinajstić information content (AvgIpc) is 3.40. The Morgan fingerprint density at radius 2 is 1.93 bits per heavy atom. The van der Waals surface area contributed by atoms with Crippen LogP contribution < -0.4 is 10.6 Å². The molecule has 0 radical (unpaired) electrons. The summed E-state index contributed by atoms with van der Waals surface area (Å²) in [6.07, 6.45) is 6.73. The highest BCUT2D eigenvalue weighted by Gasteiger charge is 2.25. The fraction of sp³-hybridized carbons (Fsp3) is 0.773. The van der Waals surface area contributed by atoms with E-state index in [4.69, 9.17) is 9.41 Å². The first kappa shape index (κ1) is 25.4. The van der Waals surface area contributed by atoms with E-state index in [0.717, 1.165) is 57.4 Å². The summed E-state index contributed by atoms with van der Waals surface area (Å²) in [5.41, 5.74) is 0. The van der Waals surface area contributed by atoms with Gasteiger partial charge < -0.3 is 24.9 Å². The summed E-state index contributed by atoms with van der Waals surface area (Å²) >= 11 is 0. The Morgan fingerprint density at radius 1 is 1.10 bits per heavy atom. The number of hydrogen-bond donors (Lipinski definition) is 2. The zero-order chi connectivity index (χ0) is 20.3. The number of likely N-dealkylation sites (N-methyl/N-ethyl adjacent to an activating group) is 1.